The largest absolute Gasteiger partial charge is 0.440 e. The van der Waals surface area contributed by atoms with E-state index in [-0.39, 0.29) is 12.3 Å². The summed E-state index contributed by atoms with van der Waals surface area (Å²) >= 11 is 1.56. The van der Waals surface area contributed by atoms with E-state index in [1.165, 1.54) is 0 Å². The highest BCUT2D eigenvalue weighted by Crippen LogP contribution is 2.25. The van der Waals surface area contributed by atoms with Gasteiger partial charge in [0.15, 0.2) is 0 Å². The number of nitrogens with one attached hydrogen (secondary N) is 1. The van der Waals surface area contributed by atoms with Crippen molar-refractivity contribution in [3.05, 3.63) is 41.6 Å². The average Bonchev–Trinajstić information content (AvgIpc) is 2.97. The van der Waals surface area contributed by atoms with E-state index in [2.05, 4.69) is 16.9 Å². The highest BCUT2D eigenvalue weighted by atomic mass is 32.1. The molecule has 0 radical (unpaired) electrons. The summed E-state index contributed by atoms with van der Waals surface area (Å²) in [6.07, 6.45) is 1.87. The fourth-order valence-corrected chi connectivity index (χ4v) is 2.15. The van der Waals surface area contributed by atoms with Gasteiger partial charge in [0.05, 0.1) is 17.0 Å². The first-order valence-corrected chi connectivity index (χ1v) is 6.46. The molecule has 94 valence electrons. The molecule has 18 heavy (non-hydrogen) atoms. The summed E-state index contributed by atoms with van der Waals surface area (Å²) in [5.41, 5.74) is 0.681. The van der Waals surface area contributed by atoms with Crippen LogP contribution in [-0.2, 0) is 11.2 Å². The minimum absolute atomic E-state index is 0.0796. The number of hydrogen-bond donors (Lipinski definition) is 1. The smallest absolute Gasteiger partial charge is 0.236 e. The molecule has 0 bridgehead atoms. The third-order valence-electron chi connectivity index (χ3n) is 2.40. The lowest BCUT2D eigenvalue weighted by molar-refractivity contribution is -0.120. The highest BCUT2D eigenvalue weighted by molar-refractivity contribution is 7.13. The number of aryl methyl sites for hydroxylation is 1. The van der Waals surface area contributed by atoms with E-state index < -0.39 is 0 Å². The highest BCUT2D eigenvalue weighted by Gasteiger charge is 2.14. The molecule has 2 aromatic rings. The molecule has 0 aromatic carbocycles. The Labute approximate surface area is 109 Å². The average molecular weight is 262 g/mol. The quantitative estimate of drug-likeness (QED) is 0.842. The molecule has 0 spiro atoms. The fourth-order valence-electron chi connectivity index (χ4n) is 1.50. The Kier molecular flexibility index (Phi) is 3.94. The maximum Gasteiger partial charge on any atom is 0.236 e. The molecule has 0 saturated carbocycles. The molecule has 0 aliphatic rings. The van der Waals surface area contributed by atoms with Crippen molar-refractivity contribution in [2.24, 2.45) is 0 Å². The van der Waals surface area contributed by atoms with E-state index in [4.69, 9.17) is 4.42 Å². The Bertz CT molecular complexity index is 543. The normalized spacial score (nSPS) is 10.3. The molecular formula is C13H14N2O2S. The summed E-state index contributed by atoms with van der Waals surface area (Å²) in [4.78, 5) is 16.9. The van der Waals surface area contributed by atoms with Crippen LogP contribution in [0, 0.1) is 6.92 Å². The maximum atomic E-state index is 11.6. The molecule has 0 atom stereocenters. The number of aromatic nitrogens is 1. The fraction of sp³-hybridized carbons (Fsp3) is 0.231. The van der Waals surface area contributed by atoms with E-state index in [1.54, 1.807) is 17.4 Å². The number of thiophene rings is 1. The third-order valence-corrected chi connectivity index (χ3v) is 3.25. The maximum absolute atomic E-state index is 11.6. The van der Waals surface area contributed by atoms with Crippen molar-refractivity contribution in [2.45, 2.75) is 13.3 Å². The molecule has 0 aliphatic heterocycles. The van der Waals surface area contributed by atoms with E-state index >= 15 is 0 Å². The van der Waals surface area contributed by atoms with Gasteiger partial charge in [0.1, 0.15) is 5.76 Å². The minimum atomic E-state index is -0.0796. The van der Waals surface area contributed by atoms with Crippen LogP contribution in [0.3, 0.4) is 0 Å². The van der Waals surface area contributed by atoms with Crippen LogP contribution in [0.4, 0.5) is 0 Å². The van der Waals surface area contributed by atoms with Crippen molar-refractivity contribution < 1.29 is 9.21 Å². The van der Waals surface area contributed by atoms with E-state index in [1.807, 2.05) is 24.4 Å². The van der Waals surface area contributed by atoms with Gasteiger partial charge in [-0.05, 0) is 18.4 Å². The number of hydrogen-bond acceptors (Lipinski definition) is 4. The van der Waals surface area contributed by atoms with Crippen molar-refractivity contribution >= 4 is 17.2 Å². The van der Waals surface area contributed by atoms with Gasteiger partial charge in [-0.15, -0.1) is 17.9 Å². The zero-order valence-electron chi connectivity index (χ0n) is 10.1. The minimum Gasteiger partial charge on any atom is -0.440 e. The van der Waals surface area contributed by atoms with Crippen molar-refractivity contribution in [3.63, 3.8) is 0 Å². The Hall–Kier alpha value is -1.88. The molecule has 2 heterocycles. The first-order valence-electron chi connectivity index (χ1n) is 5.58. The van der Waals surface area contributed by atoms with Gasteiger partial charge in [-0.25, -0.2) is 4.98 Å². The lowest BCUT2D eigenvalue weighted by atomic mass is 10.2. The molecule has 0 fully saturated rings. The van der Waals surface area contributed by atoms with E-state index in [0.29, 0.717) is 23.9 Å². The van der Waals surface area contributed by atoms with Crippen molar-refractivity contribution in [2.75, 3.05) is 6.54 Å². The van der Waals surface area contributed by atoms with Crippen LogP contribution in [0.25, 0.3) is 10.8 Å². The molecule has 0 saturated heterocycles. The Morgan fingerprint density at radius 2 is 2.50 bits per heavy atom. The van der Waals surface area contributed by atoms with Crippen LogP contribution in [0.5, 0.6) is 0 Å². The number of oxazole rings is 1. The standard InChI is InChI=1S/C13H14N2O2S/c1-3-6-14-12(16)8-10-9(2)17-13(15-10)11-5-4-7-18-11/h3-5,7H,1,6,8H2,2H3,(H,14,16). The number of rotatable bonds is 5. The summed E-state index contributed by atoms with van der Waals surface area (Å²) < 4.78 is 5.56. The van der Waals surface area contributed by atoms with Crippen molar-refractivity contribution in [3.8, 4) is 10.8 Å². The second-order valence-electron chi connectivity index (χ2n) is 3.77. The predicted molar refractivity (Wildman–Crippen MR) is 71.5 cm³/mol. The summed E-state index contributed by atoms with van der Waals surface area (Å²) in [5.74, 6) is 1.19. The van der Waals surface area contributed by atoms with Crippen molar-refractivity contribution in [1.82, 2.24) is 10.3 Å². The first kappa shape index (κ1) is 12.6. The Morgan fingerprint density at radius 3 is 3.17 bits per heavy atom. The Morgan fingerprint density at radius 1 is 1.67 bits per heavy atom. The molecule has 2 aromatic heterocycles. The summed E-state index contributed by atoms with van der Waals surface area (Å²) in [6, 6.07) is 3.88. The van der Waals surface area contributed by atoms with Crippen molar-refractivity contribution in [1.29, 1.82) is 0 Å². The van der Waals surface area contributed by atoms with Crippen LogP contribution >= 0.6 is 11.3 Å². The molecule has 5 heteroatoms. The van der Waals surface area contributed by atoms with Gasteiger partial charge < -0.3 is 9.73 Å². The molecule has 2 rings (SSSR count). The van der Waals surface area contributed by atoms with Gasteiger partial charge in [-0.3, -0.25) is 4.79 Å². The molecule has 0 unspecified atom stereocenters. The topological polar surface area (TPSA) is 55.1 Å². The lowest BCUT2D eigenvalue weighted by Gasteiger charge is -1.99. The van der Waals surface area contributed by atoms with Gasteiger partial charge in [0, 0.05) is 6.54 Å². The van der Waals surface area contributed by atoms with E-state index in [0.717, 1.165) is 4.88 Å². The zero-order valence-corrected chi connectivity index (χ0v) is 10.9. The second kappa shape index (κ2) is 5.64. The molecular weight excluding hydrogens is 248 g/mol. The molecule has 1 N–H and O–H groups in total. The molecule has 1 amide bonds. The molecule has 4 nitrogen and oxygen atoms in total. The SMILES string of the molecule is C=CCNC(=O)Cc1nc(-c2cccs2)oc1C. The van der Waals surface area contributed by atoms with Gasteiger partial charge >= 0.3 is 0 Å². The predicted octanol–water partition coefficient (Wildman–Crippen LogP) is 2.56. The number of amides is 1. The monoisotopic (exact) mass is 262 g/mol. The third kappa shape index (κ3) is 2.87. The summed E-state index contributed by atoms with van der Waals surface area (Å²) in [7, 11) is 0. The van der Waals surface area contributed by atoms with E-state index in [9.17, 15) is 4.79 Å². The van der Waals surface area contributed by atoms with Crippen LogP contribution in [-0.4, -0.2) is 17.4 Å². The van der Waals surface area contributed by atoms with Crippen LogP contribution < -0.4 is 5.32 Å². The number of carbonyl (C=O) groups excluding carboxylic acids is 1. The zero-order chi connectivity index (χ0) is 13.0. The number of nitrogens with zero attached hydrogens (tertiary/aromatic N) is 1. The summed E-state index contributed by atoms with van der Waals surface area (Å²) in [5, 5.41) is 4.68. The lowest BCUT2D eigenvalue weighted by Crippen LogP contribution is -2.25. The van der Waals surface area contributed by atoms with Crippen LogP contribution in [0.1, 0.15) is 11.5 Å². The second-order valence-corrected chi connectivity index (χ2v) is 4.72. The van der Waals surface area contributed by atoms with Gasteiger partial charge in [-0.2, -0.15) is 0 Å². The van der Waals surface area contributed by atoms with Gasteiger partial charge in [0.25, 0.3) is 0 Å². The summed E-state index contributed by atoms with van der Waals surface area (Å²) in [6.45, 7) is 5.83. The Balaban J connectivity index is 2.10. The molecule has 0 aliphatic carbocycles. The van der Waals surface area contributed by atoms with Crippen LogP contribution in [0.15, 0.2) is 34.6 Å². The van der Waals surface area contributed by atoms with Gasteiger partial charge in [0.2, 0.25) is 11.8 Å². The first-order chi connectivity index (χ1) is 8.70. The van der Waals surface area contributed by atoms with Crippen LogP contribution in [0.2, 0.25) is 0 Å². The van der Waals surface area contributed by atoms with Gasteiger partial charge in [-0.1, -0.05) is 12.1 Å². The number of carbonyl (C=O) groups is 1.